The van der Waals surface area contributed by atoms with Crippen molar-refractivity contribution < 1.29 is 22.7 Å². The highest BCUT2D eigenvalue weighted by Crippen LogP contribution is 2.28. The molecule has 0 spiro atoms. The monoisotopic (exact) mass is 334 g/mol. The summed E-state index contributed by atoms with van der Waals surface area (Å²) in [6.07, 6.45) is -1.03. The second kappa shape index (κ2) is 6.35. The average Bonchev–Trinajstić information content (AvgIpc) is 2.94. The van der Waals surface area contributed by atoms with E-state index in [-0.39, 0.29) is 16.9 Å². The molecule has 0 unspecified atom stereocenters. The molecule has 0 aliphatic heterocycles. The third-order valence-corrected chi connectivity index (χ3v) is 3.53. The van der Waals surface area contributed by atoms with Crippen molar-refractivity contribution >= 4 is 17.0 Å². The van der Waals surface area contributed by atoms with Gasteiger partial charge in [0.2, 0.25) is 0 Å². The van der Waals surface area contributed by atoms with Gasteiger partial charge in [-0.1, -0.05) is 18.2 Å². The van der Waals surface area contributed by atoms with Crippen molar-refractivity contribution in [2.45, 2.75) is 19.6 Å². The first-order valence-corrected chi connectivity index (χ1v) is 7.19. The zero-order valence-electron chi connectivity index (χ0n) is 12.6. The fraction of sp³-hybridized carbons (Fsp3) is 0.176. The zero-order valence-corrected chi connectivity index (χ0v) is 12.6. The Kier molecular flexibility index (Phi) is 4.24. The summed E-state index contributed by atoms with van der Waals surface area (Å²) in [7, 11) is 0. The minimum Gasteiger partial charge on any atom is -0.451 e. The highest BCUT2D eigenvalue weighted by molar-refractivity contribution is 5.89. The van der Waals surface area contributed by atoms with Crippen LogP contribution in [-0.2, 0) is 4.74 Å². The first-order chi connectivity index (χ1) is 11.5. The third-order valence-electron chi connectivity index (χ3n) is 3.53. The van der Waals surface area contributed by atoms with Gasteiger partial charge in [0.25, 0.3) is 0 Å². The van der Waals surface area contributed by atoms with E-state index in [9.17, 15) is 18.0 Å². The zero-order chi connectivity index (χ0) is 17.3. The molecule has 24 heavy (non-hydrogen) atoms. The second-order valence-electron chi connectivity index (χ2n) is 5.16. The van der Waals surface area contributed by atoms with Crippen LogP contribution in [0.1, 0.15) is 35.8 Å². The van der Waals surface area contributed by atoms with Gasteiger partial charge in [0, 0.05) is 0 Å². The first kappa shape index (κ1) is 16.0. The van der Waals surface area contributed by atoms with E-state index in [1.54, 1.807) is 18.2 Å². The number of fused-ring (bicyclic) bond motifs is 1. The molecule has 7 heteroatoms. The number of carbonyl (C=O) groups excluding carboxylic acids is 1. The topological polar surface area (TPSA) is 44.1 Å². The van der Waals surface area contributed by atoms with Crippen molar-refractivity contribution in [3.05, 3.63) is 65.7 Å². The number of nitrogens with zero attached hydrogens (tertiary/aromatic N) is 2. The third kappa shape index (κ3) is 2.97. The highest BCUT2D eigenvalue weighted by atomic mass is 19.3. The second-order valence-corrected chi connectivity index (χ2v) is 5.16. The molecule has 0 amide bonds. The summed E-state index contributed by atoms with van der Waals surface area (Å²) >= 11 is 0. The molecular formula is C17H13F3N2O2. The molecule has 0 saturated carbocycles. The predicted octanol–water partition coefficient (Wildman–Crippen LogP) is 4.49. The van der Waals surface area contributed by atoms with Gasteiger partial charge >= 0.3 is 12.5 Å². The maximum Gasteiger partial charge on any atom is 0.338 e. The molecule has 3 rings (SSSR count). The fourth-order valence-electron chi connectivity index (χ4n) is 2.45. The van der Waals surface area contributed by atoms with Crippen LogP contribution >= 0.6 is 0 Å². The van der Waals surface area contributed by atoms with Gasteiger partial charge in [-0.3, -0.25) is 4.57 Å². The number of esters is 1. The Labute approximate surface area is 135 Å². The molecule has 0 fully saturated rings. The Morgan fingerprint density at radius 1 is 1.17 bits per heavy atom. The standard InChI is InChI=1S/C17H13F3N2O2/c1-10(24-16(23)11-5-4-6-12(18)9-11)15-21-13-7-2-3-8-14(13)22(15)17(19)20/h2-10,17H,1H3/t10-/m0/s1. The van der Waals surface area contributed by atoms with Gasteiger partial charge in [-0.25, -0.2) is 14.2 Å². The van der Waals surface area contributed by atoms with Crippen LogP contribution < -0.4 is 0 Å². The number of carbonyl (C=O) groups is 1. The lowest BCUT2D eigenvalue weighted by atomic mass is 10.2. The SMILES string of the molecule is C[C@H](OC(=O)c1cccc(F)c1)c1nc2ccccc2n1C(F)F. The van der Waals surface area contributed by atoms with E-state index in [1.807, 2.05) is 0 Å². The summed E-state index contributed by atoms with van der Waals surface area (Å²) in [5.74, 6) is -1.47. The molecule has 3 aromatic rings. The van der Waals surface area contributed by atoms with Crippen molar-refractivity contribution in [1.29, 1.82) is 0 Å². The number of alkyl halides is 2. The number of halogens is 3. The number of rotatable bonds is 4. The summed E-state index contributed by atoms with van der Waals surface area (Å²) in [6, 6.07) is 11.4. The summed E-state index contributed by atoms with van der Waals surface area (Å²) < 4.78 is 45.9. The van der Waals surface area contributed by atoms with Gasteiger partial charge in [-0.05, 0) is 37.3 Å². The minimum atomic E-state index is -2.83. The number of para-hydroxylation sites is 2. The number of ether oxygens (including phenoxy) is 1. The van der Waals surface area contributed by atoms with Gasteiger partial charge in [0.1, 0.15) is 5.82 Å². The van der Waals surface area contributed by atoms with Crippen molar-refractivity contribution in [2.75, 3.05) is 0 Å². The van der Waals surface area contributed by atoms with E-state index < -0.39 is 24.4 Å². The van der Waals surface area contributed by atoms with Crippen LogP contribution in [0.4, 0.5) is 13.2 Å². The Bertz CT molecular complexity index is 892. The van der Waals surface area contributed by atoms with E-state index in [1.165, 1.54) is 31.2 Å². The number of benzene rings is 2. The van der Waals surface area contributed by atoms with Crippen LogP contribution in [-0.4, -0.2) is 15.5 Å². The van der Waals surface area contributed by atoms with Crippen molar-refractivity contribution in [1.82, 2.24) is 9.55 Å². The van der Waals surface area contributed by atoms with Crippen LogP contribution in [0, 0.1) is 5.82 Å². The Balaban J connectivity index is 1.92. The lowest BCUT2D eigenvalue weighted by Gasteiger charge is -2.15. The largest absolute Gasteiger partial charge is 0.451 e. The van der Waals surface area contributed by atoms with Gasteiger partial charge in [-0.2, -0.15) is 8.78 Å². The fourth-order valence-corrected chi connectivity index (χ4v) is 2.45. The molecule has 1 heterocycles. The number of imidazole rings is 1. The van der Waals surface area contributed by atoms with Crippen molar-refractivity contribution in [2.24, 2.45) is 0 Å². The minimum absolute atomic E-state index is 0.00144. The van der Waals surface area contributed by atoms with Gasteiger partial charge in [-0.15, -0.1) is 0 Å². The molecule has 1 atom stereocenters. The van der Waals surface area contributed by atoms with E-state index in [2.05, 4.69) is 4.98 Å². The van der Waals surface area contributed by atoms with E-state index in [4.69, 9.17) is 4.74 Å². The molecule has 0 aliphatic carbocycles. The lowest BCUT2D eigenvalue weighted by molar-refractivity contribution is 0.0233. The van der Waals surface area contributed by atoms with Gasteiger partial charge < -0.3 is 4.74 Å². The smallest absolute Gasteiger partial charge is 0.338 e. The average molecular weight is 334 g/mol. The lowest BCUT2D eigenvalue weighted by Crippen LogP contribution is -2.14. The van der Waals surface area contributed by atoms with E-state index in [0.29, 0.717) is 5.52 Å². The molecule has 2 aromatic carbocycles. The summed E-state index contributed by atoms with van der Waals surface area (Å²) in [6.45, 7) is -1.39. The van der Waals surface area contributed by atoms with Crippen LogP contribution in [0.5, 0.6) is 0 Å². The molecule has 0 aliphatic rings. The molecule has 0 N–H and O–H groups in total. The van der Waals surface area contributed by atoms with Crippen molar-refractivity contribution in [3.8, 4) is 0 Å². The van der Waals surface area contributed by atoms with Crippen LogP contribution in [0.3, 0.4) is 0 Å². The van der Waals surface area contributed by atoms with Crippen LogP contribution in [0.15, 0.2) is 48.5 Å². The predicted molar refractivity (Wildman–Crippen MR) is 81.2 cm³/mol. The molecule has 0 radical (unpaired) electrons. The van der Waals surface area contributed by atoms with E-state index in [0.717, 1.165) is 10.6 Å². The normalized spacial score (nSPS) is 12.5. The molecule has 0 saturated heterocycles. The molecular weight excluding hydrogens is 321 g/mol. The van der Waals surface area contributed by atoms with Gasteiger partial charge in [0.15, 0.2) is 11.9 Å². The van der Waals surface area contributed by atoms with E-state index >= 15 is 0 Å². The maximum absolute atomic E-state index is 13.4. The maximum atomic E-state index is 13.4. The summed E-state index contributed by atoms with van der Waals surface area (Å²) in [4.78, 5) is 16.2. The summed E-state index contributed by atoms with van der Waals surface area (Å²) in [5.41, 5.74) is 0.624. The van der Waals surface area contributed by atoms with Gasteiger partial charge in [0.05, 0.1) is 16.6 Å². The van der Waals surface area contributed by atoms with Crippen molar-refractivity contribution in [3.63, 3.8) is 0 Å². The quantitative estimate of drug-likeness (QED) is 0.660. The van der Waals surface area contributed by atoms with Crippen LogP contribution in [0.25, 0.3) is 11.0 Å². The first-order valence-electron chi connectivity index (χ1n) is 7.19. The number of hydrogen-bond acceptors (Lipinski definition) is 3. The molecule has 1 aromatic heterocycles. The number of hydrogen-bond donors (Lipinski definition) is 0. The molecule has 0 bridgehead atoms. The number of aromatic nitrogens is 2. The Morgan fingerprint density at radius 3 is 2.62 bits per heavy atom. The molecule has 4 nitrogen and oxygen atoms in total. The summed E-state index contributed by atoms with van der Waals surface area (Å²) in [5, 5.41) is 0. The Morgan fingerprint density at radius 2 is 1.92 bits per heavy atom. The highest BCUT2D eigenvalue weighted by Gasteiger charge is 2.24. The Hall–Kier alpha value is -2.83. The van der Waals surface area contributed by atoms with Crippen LogP contribution in [0.2, 0.25) is 0 Å². The molecule has 124 valence electrons.